The molecule has 0 saturated heterocycles. The van der Waals surface area contributed by atoms with E-state index in [9.17, 15) is 13.2 Å². The van der Waals surface area contributed by atoms with Gasteiger partial charge in [0.25, 0.3) is 10.0 Å². The van der Waals surface area contributed by atoms with Crippen LogP contribution in [0.1, 0.15) is 5.56 Å². The number of rotatable bonds is 8. The SMILES string of the molecule is Cn1cnc(S(=O)(=O)Nc2cc3c(cc2Oc2cccc(OCc4ccncc4)c2)n(C)c(=O)n3C)c1. The van der Waals surface area contributed by atoms with Gasteiger partial charge in [-0.05, 0) is 35.9 Å². The number of hydrogen-bond donors (Lipinski definition) is 1. The molecule has 5 rings (SSSR count). The highest BCUT2D eigenvalue weighted by molar-refractivity contribution is 7.92. The molecule has 3 heterocycles. The summed E-state index contributed by atoms with van der Waals surface area (Å²) in [5, 5.41) is -0.144. The van der Waals surface area contributed by atoms with Crippen molar-refractivity contribution >= 4 is 26.7 Å². The van der Waals surface area contributed by atoms with Crippen molar-refractivity contribution in [3.05, 3.63) is 89.5 Å². The van der Waals surface area contributed by atoms with Gasteiger partial charge >= 0.3 is 5.69 Å². The Morgan fingerprint density at radius 2 is 1.65 bits per heavy atom. The molecular weight excluding hydrogens is 496 g/mol. The number of nitrogens with zero attached hydrogens (tertiary/aromatic N) is 5. The Hall–Kier alpha value is -4.58. The van der Waals surface area contributed by atoms with Crippen molar-refractivity contribution in [3.8, 4) is 17.2 Å². The van der Waals surface area contributed by atoms with Crippen LogP contribution < -0.4 is 19.9 Å². The molecule has 11 nitrogen and oxygen atoms in total. The van der Waals surface area contributed by atoms with Gasteiger partial charge in [0.2, 0.25) is 0 Å². The zero-order chi connectivity index (χ0) is 26.2. The van der Waals surface area contributed by atoms with Crippen molar-refractivity contribution in [2.45, 2.75) is 11.6 Å². The van der Waals surface area contributed by atoms with Crippen LogP contribution in [0.5, 0.6) is 17.2 Å². The molecular formula is C25H24N6O5S. The number of imidazole rings is 2. The van der Waals surface area contributed by atoms with Gasteiger partial charge in [-0.3, -0.25) is 18.8 Å². The maximum absolute atomic E-state index is 13.0. The molecule has 0 atom stereocenters. The molecule has 190 valence electrons. The Kier molecular flexibility index (Phi) is 6.17. The molecule has 0 aliphatic carbocycles. The number of anilines is 1. The summed E-state index contributed by atoms with van der Waals surface area (Å²) in [6.45, 7) is 0.346. The lowest BCUT2D eigenvalue weighted by molar-refractivity contribution is 0.304. The standard InChI is InChI=1S/C25H24N6O5S/c1-29-14-24(27-16-29)37(33,34)28-20-12-21-22(31(3)25(32)30(21)2)13-23(20)36-19-6-4-5-18(11-19)35-15-17-7-9-26-10-8-17/h4-14,16,28H,15H2,1-3H3. The van der Waals surface area contributed by atoms with Crippen LogP contribution >= 0.6 is 0 Å². The summed E-state index contributed by atoms with van der Waals surface area (Å²) in [6.07, 6.45) is 6.18. The van der Waals surface area contributed by atoms with Crippen molar-refractivity contribution in [3.63, 3.8) is 0 Å². The van der Waals surface area contributed by atoms with Gasteiger partial charge in [-0.2, -0.15) is 8.42 Å². The minimum Gasteiger partial charge on any atom is -0.489 e. The molecule has 0 aliphatic rings. The number of fused-ring (bicyclic) bond motifs is 1. The Balaban J connectivity index is 1.50. The van der Waals surface area contributed by atoms with E-state index in [1.165, 1.54) is 26.2 Å². The molecule has 0 bridgehead atoms. The van der Waals surface area contributed by atoms with Crippen LogP contribution in [0.2, 0.25) is 0 Å². The fraction of sp³-hybridized carbons (Fsp3) is 0.160. The van der Waals surface area contributed by atoms with Crippen molar-refractivity contribution in [2.75, 3.05) is 4.72 Å². The predicted octanol–water partition coefficient (Wildman–Crippen LogP) is 3.18. The van der Waals surface area contributed by atoms with E-state index in [1.807, 2.05) is 12.1 Å². The van der Waals surface area contributed by atoms with Crippen LogP contribution in [0.3, 0.4) is 0 Å². The minimum atomic E-state index is -4.03. The lowest BCUT2D eigenvalue weighted by atomic mass is 10.2. The predicted molar refractivity (Wildman–Crippen MR) is 137 cm³/mol. The van der Waals surface area contributed by atoms with Gasteiger partial charge in [0, 0.05) is 51.9 Å². The molecule has 37 heavy (non-hydrogen) atoms. The van der Waals surface area contributed by atoms with Gasteiger partial charge in [-0.25, -0.2) is 9.78 Å². The maximum atomic E-state index is 13.0. The molecule has 0 amide bonds. The van der Waals surface area contributed by atoms with E-state index in [1.54, 1.807) is 69.9 Å². The zero-order valence-electron chi connectivity index (χ0n) is 20.3. The third-order valence-corrected chi connectivity index (χ3v) is 7.01. The summed E-state index contributed by atoms with van der Waals surface area (Å²) in [5.74, 6) is 1.20. The lowest BCUT2D eigenvalue weighted by Gasteiger charge is -2.15. The van der Waals surface area contributed by atoms with E-state index in [2.05, 4.69) is 14.7 Å². The summed E-state index contributed by atoms with van der Waals surface area (Å²) < 4.78 is 45.1. The van der Waals surface area contributed by atoms with Gasteiger partial charge < -0.3 is 14.0 Å². The van der Waals surface area contributed by atoms with Crippen LogP contribution in [0.15, 0.2) is 83.3 Å². The molecule has 0 spiro atoms. The van der Waals surface area contributed by atoms with Crippen molar-refractivity contribution in [1.82, 2.24) is 23.7 Å². The first-order valence-electron chi connectivity index (χ1n) is 11.2. The molecule has 0 radical (unpaired) electrons. The third kappa shape index (κ3) is 4.91. The molecule has 0 unspecified atom stereocenters. The van der Waals surface area contributed by atoms with Crippen LogP contribution in [-0.2, 0) is 37.8 Å². The maximum Gasteiger partial charge on any atom is 0.328 e. The lowest BCUT2D eigenvalue weighted by Crippen LogP contribution is -2.19. The summed E-state index contributed by atoms with van der Waals surface area (Å²) in [6, 6.07) is 13.9. The minimum absolute atomic E-state index is 0.144. The fourth-order valence-electron chi connectivity index (χ4n) is 3.82. The number of aryl methyl sites for hydroxylation is 3. The summed E-state index contributed by atoms with van der Waals surface area (Å²) >= 11 is 0. The monoisotopic (exact) mass is 520 g/mol. The molecule has 0 aliphatic heterocycles. The van der Waals surface area contributed by atoms with E-state index in [-0.39, 0.29) is 22.2 Å². The van der Waals surface area contributed by atoms with E-state index >= 15 is 0 Å². The summed E-state index contributed by atoms with van der Waals surface area (Å²) in [4.78, 5) is 20.5. The second-order valence-corrected chi connectivity index (χ2v) is 10.1. The Labute approximate surface area is 212 Å². The Bertz CT molecular complexity index is 1760. The largest absolute Gasteiger partial charge is 0.489 e. The smallest absolute Gasteiger partial charge is 0.328 e. The first-order valence-corrected chi connectivity index (χ1v) is 12.7. The quantitative estimate of drug-likeness (QED) is 0.333. The first kappa shape index (κ1) is 24.1. The zero-order valence-corrected chi connectivity index (χ0v) is 21.1. The number of hydrogen-bond acceptors (Lipinski definition) is 7. The highest BCUT2D eigenvalue weighted by Crippen LogP contribution is 2.36. The summed E-state index contributed by atoms with van der Waals surface area (Å²) in [5.41, 5.74) is 1.98. The number of sulfonamides is 1. The topological polar surface area (TPSA) is 122 Å². The van der Waals surface area contributed by atoms with Crippen LogP contribution in [0.25, 0.3) is 11.0 Å². The van der Waals surface area contributed by atoms with E-state index in [4.69, 9.17) is 9.47 Å². The van der Waals surface area contributed by atoms with E-state index in [0.29, 0.717) is 29.1 Å². The molecule has 0 fully saturated rings. The highest BCUT2D eigenvalue weighted by atomic mass is 32.2. The second kappa shape index (κ2) is 9.47. The Morgan fingerprint density at radius 1 is 0.946 bits per heavy atom. The van der Waals surface area contributed by atoms with Crippen LogP contribution in [-0.4, -0.2) is 32.1 Å². The van der Waals surface area contributed by atoms with Gasteiger partial charge in [0.05, 0.1) is 23.0 Å². The first-order chi connectivity index (χ1) is 17.7. The van der Waals surface area contributed by atoms with E-state index in [0.717, 1.165) is 5.56 Å². The Morgan fingerprint density at radius 3 is 2.35 bits per heavy atom. The molecule has 3 aromatic heterocycles. The fourth-order valence-corrected chi connectivity index (χ4v) is 4.86. The number of benzene rings is 2. The van der Waals surface area contributed by atoms with Crippen LogP contribution in [0, 0.1) is 0 Å². The average Bonchev–Trinajstić information content (AvgIpc) is 3.42. The van der Waals surface area contributed by atoms with Crippen molar-refractivity contribution in [2.24, 2.45) is 21.1 Å². The average molecular weight is 521 g/mol. The number of pyridine rings is 1. The van der Waals surface area contributed by atoms with Crippen molar-refractivity contribution < 1.29 is 17.9 Å². The van der Waals surface area contributed by atoms with Crippen LogP contribution in [0.4, 0.5) is 5.69 Å². The van der Waals surface area contributed by atoms with Crippen molar-refractivity contribution in [1.29, 1.82) is 0 Å². The van der Waals surface area contributed by atoms with Gasteiger partial charge in [-0.15, -0.1) is 0 Å². The van der Waals surface area contributed by atoms with Gasteiger partial charge in [-0.1, -0.05) is 6.07 Å². The molecule has 2 aromatic carbocycles. The van der Waals surface area contributed by atoms with Gasteiger partial charge in [0.15, 0.2) is 10.8 Å². The van der Waals surface area contributed by atoms with Gasteiger partial charge in [0.1, 0.15) is 18.1 Å². The van der Waals surface area contributed by atoms with E-state index < -0.39 is 10.0 Å². The normalized spacial score (nSPS) is 11.5. The molecule has 1 N–H and O–H groups in total. The number of aromatic nitrogens is 5. The highest BCUT2D eigenvalue weighted by Gasteiger charge is 2.22. The molecule has 5 aromatic rings. The molecule has 0 saturated carbocycles. The second-order valence-electron chi connectivity index (χ2n) is 8.44. The number of ether oxygens (including phenoxy) is 2. The third-order valence-electron chi connectivity index (χ3n) is 5.76. The number of nitrogens with one attached hydrogen (secondary N) is 1. The summed E-state index contributed by atoms with van der Waals surface area (Å²) in [7, 11) is 0.907. The molecule has 12 heteroatoms.